The van der Waals surface area contributed by atoms with Crippen LogP contribution in [0.2, 0.25) is 0 Å². The van der Waals surface area contributed by atoms with E-state index in [0.717, 1.165) is 23.1 Å². The molecule has 1 N–H and O–H groups in total. The van der Waals surface area contributed by atoms with Crippen molar-refractivity contribution < 1.29 is 9.53 Å². The molecule has 0 aliphatic heterocycles. The summed E-state index contributed by atoms with van der Waals surface area (Å²) in [7, 11) is 0. The maximum atomic E-state index is 11.6. The summed E-state index contributed by atoms with van der Waals surface area (Å²) in [6.45, 7) is 4.56. The Morgan fingerprint density at radius 3 is 2.72 bits per heavy atom. The van der Waals surface area contributed by atoms with Gasteiger partial charge in [0.2, 0.25) is 5.91 Å². The molecule has 0 bridgehead atoms. The zero-order valence-corrected chi connectivity index (χ0v) is 12.5. The highest BCUT2D eigenvalue weighted by molar-refractivity contribution is 9.10. The van der Waals surface area contributed by atoms with Crippen LogP contribution in [-0.4, -0.2) is 18.6 Å². The van der Waals surface area contributed by atoms with Gasteiger partial charge < -0.3 is 10.1 Å². The molecule has 1 amide bonds. The number of carbonyl (C=O) groups excluding carboxylic acids is 1. The Morgan fingerprint density at radius 2 is 2.11 bits per heavy atom. The minimum atomic E-state index is 0.0543. The normalized spacial score (nSPS) is 10.4. The molecule has 0 spiro atoms. The van der Waals surface area contributed by atoms with Gasteiger partial charge >= 0.3 is 0 Å². The molecule has 0 atom stereocenters. The Kier molecular flexibility index (Phi) is 6.80. The van der Waals surface area contributed by atoms with E-state index < -0.39 is 0 Å². The fraction of sp³-hybridized carbons (Fsp3) is 0.500. The number of amides is 1. The van der Waals surface area contributed by atoms with E-state index in [1.165, 1.54) is 0 Å². The van der Waals surface area contributed by atoms with E-state index >= 15 is 0 Å². The zero-order chi connectivity index (χ0) is 13.4. The lowest BCUT2D eigenvalue weighted by atomic mass is 10.1. The van der Waals surface area contributed by atoms with Crippen molar-refractivity contribution in [3.8, 4) is 5.75 Å². The number of benzene rings is 1. The molecular formula is C14H20BrNO2. The largest absolute Gasteiger partial charge is 0.493 e. The van der Waals surface area contributed by atoms with Gasteiger partial charge in [0, 0.05) is 10.5 Å². The second kappa shape index (κ2) is 8.14. The lowest BCUT2D eigenvalue weighted by Gasteiger charge is -2.14. The lowest BCUT2D eigenvalue weighted by molar-refractivity contribution is -0.122. The summed E-state index contributed by atoms with van der Waals surface area (Å²) in [6.07, 6.45) is 2.33. The molecule has 0 heterocycles. The highest BCUT2D eigenvalue weighted by Crippen LogP contribution is 2.17. The minimum absolute atomic E-state index is 0.0543. The minimum Gasteiger partial charge on any atom is -0.493 e. The average Bonchev–Trinajstić information content (AvgIpc) is 2.36. The van der Waals surface area contributed by atoms with Crippen molar-refractivity contribution in [3.63, 3.8) is 0 Å². The number of carbonyl (C=O) groups is 1. The standard InChI is InChI=1S/C14H20BrNO2/c1-3-12(4-2)16-14(17)8-9-18-13-7-5-6-11(15)10-13/h5-7,10,12H,3-4,8-9H2,1-2H3,(H,16,17). The number of halogens is 1. The molecule has 4 heteroatoms. The van der Waals surface area contributed by atoms with Gasteiger partial charge in [0.25, 0.3) is 0 Å². The third-order valence-corrected chi connectivity index (χ3v) is 3.24. The summed E-state index contributed by atoms with van der Waals surface area (Å²) in [5, 5.41) is 2.99. The van der Waals surface area contributed by atoms with E-state index in [2.05, 4.69) is 35.1 Å². The molecule has 0 radical (unpaired) electrons. The Balaban J connectivity index is 2.27. The molecule has 100 valence electrons. The van der Waals surface area contributed by atoms with E-state index in [0.29, 0.717) is 13.0 Å². The van der Waals surface area contributed by atoms with Crippen molar-refractivity contribution in [2.45, 2.75) is 39.2 Å². The second-order valence-corrected chi connectivity index (χ2v) is 5.05. The molecule has 0 saturated heterocycles. The Hall–Kier alpha value is -1.03. The first kappa shape index (κ1) is 15.0. The predicted octanol–water partition coefficient (Wildman–Crippen LogP) is 3.52. The summed E-state index contributed by atoms with van der Waals surface area (Å²) in [6, 6.07) is 7.89. The van der Waals surface area contributed by atoms with Crippen LogP contribution in [0.4, 0.5) is 0 Å². The zero-order valence-electron chi connectivity index (χ0n) is 10.9. The van der Waals surface area contributed by atoms with Crippen LogP contribution >= 0.6 is 15.9 Å². The van der Waals surface area contributed by atoms with Gasteiger partial charge in [0.05, 0.1) is 13.0 Å². The average molecular weight is 314 g/mol. The van der Waals surface area contributed by atoms with E-state index in [-0.39, 0.29) is 11.9 Å². The quantitative estimate of drug-likeness (QED) is 0.836. The summed E-state index contributed by atoms with van der Waals surface area (Å²) in [5.74, 6) is 0.832. The lowest BCUT2D eigenvalue weighted by Crippen LogP contribution is -2.34. The summed E-state index contributed by atoms with van der Waals surface area (Å²) in [4.78, 5) is 11.6. The van der Waals surface area contributed by atoms with Gasteiger partial charge in [-0.2, -0.15) is 0 Å². The van der Waals surface area contributed by atoms with Crippen molar-refractivity contribution in [2.24, 2.45) is 0 Å². The van der Waals surface area contributed by atoms with E-state index in [9.17, 15) is 4.79 Å². The van der Waals surface area contributed by atoms with Crippen LogP contribution in [0.1, 0.15) is 33.1 Å². The first-order valence-electron chi connectivity index (χ1n) is 6.33. The fourth-order valence-corrected chi connectivity index (χ4v) is 1.99. The van der Waals surface area contributed by atoms with Gasteiger partial charge in [-0.25, -0.2) is 0 Å². The summed E-state index contributed by atoms with van der Waals surface area (Å²) >= 11 is 3.38. The van der Waals surface area contributed by atoms with E-state index in [1.807, 2.05) is 24.3 Å². The van der Waals surface area contributed by atoms with Crippen molar-refractivity contribution in [2.75, 3.05) is 6.61 Å². The second-order valence-electron chi connectivity index (χ2n) is 4.14. The first-order valence-corrected chi connectivity index (χ1v) is 7.12. The van der Waals surface area contributed by atoms with Crippen LogP contribution in [0.5, 0.6) is 5.75 Å². The Labute approximate surface area is 117 Å². The van der Waals surface area contributed by atoms with Crippen molar-refractivity contribution in [1.82, 2.24) is 5.32 Å². The van der Waals surface area contributed by atoms with Crippen molar-refractivity contribution in [1.29, 1.82) is 0 Å². The molecule has 1 aromatic carbocycles. The van der Waals surface area contributed by atoms with Gasteiger partial charge in [-0.3, -0.25) is 4.79 Å². The first-order chi connectivity index (χ1) is 8.65. The topological polar surface area (TPSA) is 38.3 Å². The van der Waals surface area contributed by atoms with E-state index in [1.54, 1.807) is 0 Å². The van der Waals surface area contributed by atoms with E-state index in [4.69, 9.17) is 4.74 Å². The molecular weight excluding hydrogens is 294 g/mol. The van der Waals surface area contributed by atoms with Crippen LogP contribution in [0.3, 0.4) is 0 Å². The maximum absolute atomic E-state index is 11.6. The predicted molar refractivity (Wildman–Crippen MR) is 76.8 cm³/mol. The molecule has 0 aliphatic rings. The third-order valence-electron chi connectivity index (χ3n) is 2.74. The molecule has 0 fully saturated rings. The SMILES string of the molecule is CCC(CC)NC(=O)CCOc1cccc(Br)c1. The van der Waals surface area contributed by atoms with Crippen molar-refractivity contribution in [3.05, 3.63) is 28.7 Å². The van der Waals surface area contributed by atoms with Gasteiger partial charge in [0.15, 0.2) is 0 Å². The highest BCUT2D eigenvalue weighted by Gasteiger charge is 2.08. The van der Waals surface area contributed by atoms with Gasteiger partial charge in [0.1, 0.15) is 5.75 Å². The van der Waals surface area contributed by atoms with Crippen LogP contribution in [0.15, 0.2) is 28.7 Å². The smallest absolute Gasteiger partial charge is 0.223 e. The number of hydrogen-bond donors (Lipinski definition) is 1. The number of nitrogens with one attached hydrogen (secondary N) is 1. The van der Waals surface area contributed by atoms with Gasteiger partial charge in [-0.05, 0) is 31.0 Å². The van der Waals surface area contributed by atoms with Crippen LogP contribution in [0, 0.1) is 0 Å². The third kappa shape index (κ3) is 5.54. The fourth-order valence-electron chi connectivity index (χ4n) is 1.61. The number of hydrogen-bond acceptors (Lipinski definition) is 2. The molecule has 0 aromatic heterocycles. The molecule has 1 rings (SSSR count). The molecule has 0 saturated carbocycles. The molecule has 18 heavy (non-hydrogen) atoms. The molecule has 3 nitrogen and oxygen atoms in total. The van der Waals surface area contributed by atoms with Crippen LogP contribution in [-0.2, 0) is 4.79 Å². The Bertz CT molecular complexity index is 378. The number of rotatable bonds is 7. The molecule has 0 aliphatic carbocycles. The van der Waals surface area contributed by atoms with Crippen LogP contribution in [0.25, 0.3) is 0 Å². The number of ether oxygens (including phenoxy) is 1. The molecule has 0 unspecified atom stereocenters. The maximum Gasteiger partial charge on any atom is 0.223 e. The summed E-state index contributed by atoms with van der Waals surface area (Å²) in [5.41, 5.74) is 0. The van der Waals surface area contributed by atoms with Crippen molar-refractivity contribution >= 4 is 21.8 Å². The molecule has 1 aromatic rings. The monoisotopic (exact) mass is 313 g/mol. The van der Waals surface area contributed by atoms with Gasteiger partial charge in [-0.15, -0.1) is 0 Å². The van der Waals surface area contributed by atoms with Crippen LogP contribution < -0.4 is 10.1 Å². The van der Waals surface area contributed by atoms with Gasteiger partial charge in [-0.1, -0.05) is 35.8 Å². The highest BCUT2D eigenvalue weighted by atomic mass is 79.9. The summed E-state index contributed by atoms with van der Waals surface area (Å²) < 4.78 is 6.49. The Morgan fingerprint density at radius 1 is 1.39 bits per heavy atom.